The molecule has 2 N–H and O–H groups in total. The number of halogens is 1. The van der Waals surface area contributed by atoms with Crippen LogP contribution in [0.5, 0.6) is 0 Å². The van der Waals surface area contributed by atoms with E-state index >= 15 is 0 Å². The fourth-order valence-corrected chi connectivity index (χ4v) is 3.39. The van der Waals surface area contributed by atoms with Gasteiger partial charge in [0.15, 0.2) is 5.96 Å². The highest BCUT2D eigenvalue weighted by Gasteiger charge is 2.36. The fourth-order valence-electron chi connectivity index (χ4n) is 3.39. The minimum Gasteiger partial charge on any atom is -0.444 e. The van der Waals surface area contributed by atoms with E-state index in [1.54, 1.807) is 20.4 Å². The Morgan fingerprint density at radius 2 is 2.00 bits per heavy atom. The van der Waals surface area contributed by atoms with Crippen molar-refractivity contribution < 1.29 is 9.15 Å². The highest BCUT2D eigenvalue weighted by molar-refractivity contribution is 14.0. The molecule has 1 saturated carbocycles. The lowest BCUT2D eigenvalue weighted by atomic mass is 9.67. The van der Waals surface area contributed by atoms with Gasteiger partial charge in [-0.05, 0) is 43.7 Å². The predicted octanol–water partition coefficient (Wildman–Crippen LogP) is 4.14. The van der Waals surface area contributed by atoms with E-state index < -0.39 is 0 Å². The van der Waals surface area contributed by atoms with Crippen LogP contribution in [0.2, 0.25) is 0 Å². The topological polar surface area (TPSA) is 71.7 Å². The van der Waals surface area contributed by atoms with Crippen LogP contribution in [-0.2, 0) is 11.3 Å². The Morgan fingerprint density at radius 3 is 2.61 bits per heavy atom. The number of rotatable bonds is 8. The summed E-state index contributed by atoms with van der Waals surface area (Å²) in [5.41, 5.74) is 3.41. The summed E-state index contributed by atoms with van der Waals surface area (Å²) < 4.78 is 10.9. The van der Waals surface area contributed by atoms with Crippen LogP contribution in [0.15, 0.2) is 39.9 Å². The van der Waals surface area contributed by atoms with Crippen molar-refractivity contribution >= 4 is 29.9 Å². The number of aromatic nitrogens is 1. The van der Waals surface area contributed by atoms with Gasteiger partial charge in [-0.1, -0.05) is 24.1 Å². The number of nitrogens with one attached hydrogen (secondary N) is 2. The van der Waals surface area contributed by atoms with Gasteiger partial charge >= 0.3 is 0 Å². The monoisotopic (exact) mass is 498 g/mol. The van der Waals surface area contributed by atoms with Gasteiger partial charge in [-0.3, -0.25) is 4.99 Å². The molecule has 0 spiro atoms. The Morgan fingerprint density at radius 1 is 1.25 bits per heavy atom. The molecule has 1 aliphatic carbocycles. The molecule has 1 aromatic heterocycles. The van der Waals surface area contributed by atoms with Crippen LogP contribution in [0.4, 0.5) is 0 Å². The number of oxazole rings is 1. The van der Waals surface area contributed by atoms with E-state index in [4.69, 9.17) is 9.15 Å². The molecule has 2 aromatic rings. The number of ether oxygens (including phenoxy) is 1. The maximum atomic E-state index is 5.62. The van der Waals surface area contributed by atoms with Crippen LogP contribution in [0.25, 0.3) is 11.5 Å². The van der Waals surface area contributed by atoms with E-state index in [-0.39, 0.29) is 24.0 Å². The van der Waals surface area contributed by atoms with Crippen LogP contribution in [0, 0.1) is 12.3 Å². The van der Waals surface area contributed by atoms with Crippen molar-refractivity contribution in [1.29, 1.82) is 0 Å². The molecule has 0 atom stereocenters. The van der Waals surface area contributed by atoms with Crippen LogP contribution >= 0.6 is 24.0 Å². The molecule has 0 saturated heterocycles. The third-order valence-corrected chi connectivity index (χ3v) is 5.39. The largest absolute Gasteiger partial charge is 0.444 e. The third-order valence-electron chi connectivity index (χ3n) is 5.39. The van der Waals surface area contributed by atoms with Crippen molar-refractivity contribution in [2.45, 2.75) is 39.2 Å². The minimum atomic E-state index is 0. The van der Waals surface area contributed by atoms with E-state index in [0.29, 0.717) is 17.9 Å². The number of benzene rings is 1. The Hall–Kier alpha value is -1.61. The van der Waals surface area contributed by atoms with Gasteiger partial charge in [0.25, 0.3) is 0 Å². The zero-order valence-electron chi connectivity index (χ0n) is 17.0. The van der Waals surface area contributed by atoms with Crippen LogP contribution in [0.1, 0.15) is 36.9 Å². The van der Waals surface area contributed by atoms with Crippen molar-refractivity contribution in [3.05, 3.63) is 41.8 Å². The SMILES string of the molecule is CN=C(NCc1coc(-c2ccc(C)cc2)n1)NCC1(CCOC)CCC1.I. The number of methoxy groups -OCH3 is 1. The molecule has 1 aromatic carbocycles. The number of guanidine groups is 1. The van der Waals surface area contributed by atoms with E-state index in [2.05, 4.69) is 39.7 Å². The highest BCUT2D eigenvalue weighted by atomic mass is 127. The first-order valence-electron chi connectivity index (χ1n) is 9.59. The first-order valence-corrected chi connectivity index (χ1v) is 9.59. The van der Waals surface area contributed by atoms with Crippen molar-refractivity contribution in [2.24, 2.45) is 10.4 Å². The number of hydrogen-bond acceptors (Lipinski definition) is 4. The molecule has 6 nitrogen and oxygen atoms in total. The summed E-state index contributed by atoms with van der Waals surface area (Å²) in [5.74, 6) is 1.43. The zero-order chi connectivity index (χ0) is 19.1. The summed E-state index contributed by atoms with van der Waals surface area (Å²) in [7, 11) is 3.56. The summed E-state index contributed by atoms with van der Waals surface area (Å²) in [6, 6.07) is 8.17. The minimum absolute atomic E-state index is 0. The van der Waals surface area contributed by atoms with Gasteiger partial charge in [0.2, 0.25) is 5.89 Å². The normalized spacial score (nSPS) is 15.5. The molecule has 1 heterocycles. The first-order chi connectivity index (χ1) is 13.1. The molecule has 28 heavy (non-hydrogen) atoms. The van der Waals surface area contributed by atoms with Gasteiger partial charge in [0.1, 0.15) is 6.26 Å². The van der Waals surface area contributed by atoms with Crippen molar-refractivity contribution in [1.82, 2.24) is 15.6 Å². The van der Waals surface area contributed by atoms with Gasteiger partial charge in [-0.25, -0.2) is 4.98 Å². The van der Waals surface area contributed by atoms with Crippen LogP contribution in [0.3, 0.4) is 0 Å². The lowest BCUT2D eigenvalue weighted by Crippen LogP contribution is -2.46. The molecule has 7 heteroatoms. The molecule has 154 valence electrons. The Balaban J connectivity index is 0.00000280. The standard InChI is InChI=1S/C21H30N4O2.HI/c1-16-5-7-17(8-6-16)19-25-18(14-27-19)13-23-20(22-2)24-15-21(9-4-10-21)11-12-26-3;/h5-8,14H,4,9-13,15H2,1-3H3,(H2,22,23,24);1H. The third kappa shape index (κ3) is 5.94. The molecule has 3 rings (SSSR count). The second-order valence-corrected chi connectivity index (χ2v) is 7.39. The zero-order valence-corrected chi connectivity index (χ0v) is 19.3. The summed E-state index contributed by atoms with van der Waals surface area (Å²) in [5, 5.41) is 6.78. The number of aryl methyl sites for hydroxylation is 1. The van der Waals surface area contributed by atoms with Gasteiger partial charge in [0.05, 0.1) is 12.2 Å². The highest BCUT2D eigenvalue weighted by Crippen LogP contribution is 2.43. The maximum Gasteiger partial charge on any atom is 0.226 e. The van der Waals surface area contributed by atoms with Crippen molar-refractivity contribution in [2.75, 3.05) is 27.3 Å². The predicted molar refractivity (Wildman–Crippen MR) is 123 cm³/mol. The summed E-state index contributed by atoms with van der Waals surface area (Å²) in [4.78, 5) is 8.89. The molecule has 0 radical (unpaired) electrons. The van der Waals surface area contributed by atoms with Crippen LogP contribution < -0.4 is 10.6 Å². The second kappa shape index (κ2) is 10.8. The first kappa shape index (κ1) is 22.7. The van der Waals surface area contributed by atoms with E-state index in [0.717, 1.165) is 36.8 Å². The van der Waals surface area contributed by atoms with Gasteiger partial charge in [-0.2, -0.15) is 0 Å². The summed E-state index contributed by atoms with van der Waals surface area (Å²) in [6.07, 6.45) is 6.60. The van der Waals surface area contributed by atoms with E-state index in [1.165, 1.54) is 24.8 Å². The van der Waals surface area contributed by atoms with Gasteiger partial charge < -0.3 is 19.8 Å². The fraction of sp³-hybridized carbons (Fsp3) is 0.524. The van der Waals surface area contributed by atoms with Crippen molar-refractivity contribution in [3.8, 4) is 11.5 Å². The Kier molecular flexibility index (Phi) is 8.75. The Bertz CT molecular complexity index is 754. The number of nitrogens with zero attached hydrogens (tertiary/aromatic N) is 2. The Labute approximate surface area is 184 Å². The quantitative estimate of drug-likeness (QED) is 0.325. The molecule has 1 fully saturated rings. The molecule has 0 amide bonds. The average Bonchev–Trinajstić information content (AvgIpc) is 3.12. The average molecular weight is 498 g/mol. The van der Waals surface area contributed by atoms with Crippen LogP contribution in [-0.4, -0.2) is 38.3 Å². The van der Waals surface area contributed by atoms with Gasteiger partial charge in [0, 0.05) is 32.9 Å². The smallest absolute Gasteiger partial charge is 0.226 e. The maximum absolute atomic E-state index is 5.62. The van der Waals surface area contributed by atoms with Gasteiger partial charge in [-0.15, -0.1) is 24.0 Å². The summed E-state index contributed by atoms with van der Waals surface area (Å²) >= 11 is 0. The second-order valence-electron chi connectivity index (χ2n) is 7.39. The molecule has 0 bridgehead atoms. The molecule has 0 aliphatic heterocycles. The van der Waals surface area contributed by atoms with E-state index in [9.17, 15) is 0 Å². The van der Waals surface area contributed by atoms with Crippen molar-refractivity contribution in [3.63, 3.8) is 0 Å². The lowest BCUT2D eigenvalue weighted by Gasteiger charge is -2.42. The lowest BCUT2D eigenvalue weighted by molar-refractivity contribution is 0.0732. The summed E-state index contributed by atoms with van der Waals surface area (Å²) in [6.45, 7) is 4.37. The molecule has 1 aliphatic rings. The number of hydrogen-bond donors (Lipinski definition) is 2. The van der Waals surface area contributed by atoms with E-state index in [1.807, 2.05) is 12.1 Å². The molecule has 0 unspecified atom stereocenters. The number of aliphatic imine (C=N–C) groups is 1. The molecular weight excluding hydrogens is 467 g/mol. The molecular formula is C21H31IN4O2.